The van der Waals surface area contributed by atoms with Crippen LogP contribution in [0.3, 0.4) is 0 Å². The third-order valence-corrected chi connectivity index (χ3v) is 5.22. The number of hydrogen-bond acceptors (Lipinski definition) is 1. The maximum atomic E-state index is 6.42. The van der Waals surface area contributed by atoms with Crippen molar-refractivity contribution in [3.05, 3.63) is 23.0 Å². The van der Waals surface area contributed by atoms with Crippen LogP contribution in [-0.2, 0) is 6.42 Å². The van der Waals surface area contributed by atoms with E-state index in [-0.39, 0.29) is 6.04 Å². The summed E-state index contributed by atoms with van der Waals surface area (Å²) < 4.78 is 2.64. The van der Waals surface area contributed by atoms with E-state index in [0.717, 1.165) is 18.4 Å². The predicted octanol–water partition coefficient (Wildman–Crippen LogP) is 4.13. The molecule has 0 saturated heterocycles. The maximum absolute atomic E-state index is 6.42. The number of aryl methyl sites for hydroxylation is 1. The second kappa shape index (κ2) is 4.37. The number of hydrogen-bond donors (Lipinski definition) is 1. The first-order valence-electron chi connectivity index (χ1n) is 7.83. The van der Waals surface area contributed by atoms with Crippen LogP contribution < -0.4 is 5.73 Å². The highest BCUT2D eigenvalue weighted by atomic mass is 15.0. The number of aromatic nitrogens is 1. The first-order chi connectivity index (χ1) is 8.87. The van der Waals surface area contributed by atoms with Gasteiger partial charge in [0.25, 0.3) is 0 Å². The lowest BCUT2D eigenvalue weighted by Crippen LogP contribution is -2.31. The van der Waals surface area contributed by atoms with Crippen molar-refractivity contribution in [1.29, 1.82) is 0 Å². The van der Waals surface area contributed by atoms with Gasteiger partial charge in [-0.1, -0.05) is 20.8 Å². The van der Waals surface area contributed by atoms with Crippen LogP contribution in [0.5, 0.6) is 0 Å². The summed E-state index contributed by atoms with van der Waals surface area (Å²) in [5, 5.41) is 0. The summed E-state index contributed by atoms with van der Waals surface area (Å²) in [6, 6.07) is 3.32. The Kier molecular flexibility index (Phi) is 3.05. The fraction of sp³-hybridized carbons (Fsp3) is 0.765. The van der Waals surface area contributed by atoms with E-state index in [0.29, 0.717) is 5.41 Å². The molecule has 1 saturated carbocycles. The Balaban J connectivity index is 2.02. The molecular formula is C17H28N2. The molecule has 106 valence electrons. The van der Waals surface area contributed by atoms with Crippen molar-refractivity contribution in [2.45, 2.75) is 71.9 Å². The van der Waals surface area contributed by atoms with Crippen molar-refractivity contribution >= 4 is 0 Å². The summed E-state index contributed by atoms with van der Waals surface area (Å²) in [5.74, 6) is 0.882. The molecule has 0 amide bonds. The van der Waals surface area contributed by atoms with Gasteiger partial charge in [0.2, 0.25) is 0 Å². The van der Waals surface area contributed by atoms with Gasteiger partial charge < -0.3 is 10.3 Å². The first kappa shape index (κ1) is 13.2. The van der Waals surface area contributed by atoms with E-state index >= 15 is 0 Å². The van der Waals surface area contributed by atoms with Gasteiger partial charge in [-0.2, -0.15) is 0 Å². The van der Waals surface area contributed by atoms with Crippen LogP contribution in [0.2, 0.25) is 0 Å². The van der Waals surface area contributed by atoms with Crippen LogP contribution in [-0.4, -0.2) is 4.57 Å². The highest BCUT2D eigenvalue weighted by molar-refractivity contribution is 5.34. The summed E-state index contributed by atoms with van der Waals surface area (Å²) in [6.07, 6.45) is 6.38. The van der Waals surface area contributed by atoms with Crippen molar-refractivity contribution in [2.75, 3.05) is 0 Å². The number of rotatable bonds is 1. The van der Waals surface area contributed by atoms with Gasteiger partial charge in [-0.05, 0) is 62.0 Å². The zero-order valence-electron chi connectivity index (χ0n) is 12.9. The zero-order chi connectivity index (χ0) is 13.8. The molecule has 3 rings (SSSR count). The average Bonchev–Trinajstić information content (AvgIpc) is 2.81. The van der Waals surface area contributed by atoms with E-state index in [9.17, 15) is 0 Å². The lowest BCUT2D eigenvalue weighted by Gasteiger charge is -2.35. The molecule has 3 unspecified atom stereocenters. The fourth-order valence-electron chi connectivity index (χ4n) is 4.39. The van der Waals surface area contributed by atoms with E-state index in [2.05, 4.69) is 38.3 Å². The molecule has 0 bridgehead atoms. The summed E-state index contributed by atoms with van der Waals surface area (Å²) >= 11 is 0. The molecule has 3 atom stereocenters. The molecule has 19 heavy (non-hydrogen) atoms. The Hall–Kier alpha value is -0.760. The molecular weight excluding hydrogens is 232 g/mol. The quantitative estimate of drug-likeness (QED) is 0.808. The molecule has 2 heteroatoms. The third kappa shape index (κ3) is 2.24. The Labute approximate surface area is 117 Å². The SMILES string of the molecule is Cc1cc2c(n1C1CCC(C)C1)CC(C)(C)CC2N. The van der Waals surface area contributed by atoms with Crippen LogP contribution in [0.15, 0.2) is 6.07 Å². The van der Waals surface area contributed by atoms with Crippen molar-refractivity contribution in [3.8, 4) is 0 Å². The van der Waals surface area contributed by atoms with Crippen molar-refractivity contribution in [1.82, 2.24) is 4.57 Å². The van der Waals surface area contributed by atoms with E-state index in [1.807, 2.05) is 0 Å². The van der Waals surface area contributed by atoms with Crippen molar-refractivity contribution < 1.29 is 0 Å². The van der Waals surface area contributed by atoms with Crippen molar-refractivity contribution in [3.63, 3.8) is 0 Å². The van der Waals surface area contributed by atoms with Crippen LogP contribution in [0.1, 0.15) is 75.5 Å². The minimum Gasteiger partial charge on any atom is -0.346 e. The van der Waals surface area contributed by atoms with E-state index < -0.39 is 0 Å². The Morgan fingerprint density at radius 1 is 1.32 bits per heavy atom. The molecule has 0 radical (unpaired) electrons. The summed E-state index contributed by atoms with van der Waals surface area (Å²) in [5.41, 5.74) is 11.2. The molecule has 0 spiro atoms. The second-order valence-electron chi connectivity index (χ2n) is 7.78. The smallest absolute Gasteiger partial charge is 0.0338 e. The monoisotopic (exact) mass is 260 g/mol. The van der Waals surface area contributed by atoms with Gasteiger partial charge in [-0.15, -0.1) is 0 Å². The largest absolute Gasteiger partial charge is 0.346 e. The maximum Gasteiger partial charge on any atom is 0.0338 e. The Morgan fingerprint density at radius 3 is 2.68 bits per heavy atom. The molecule has 2 nitrogen and oxygen atoms in total. The number of nitrogens with two attached hydrogens (primary N) is 1. The second-order valence-corrected chi connectivity index (χ2v) is 7.78. The molecule has 2 N–H and O–H groups in total. The van der Waals surface area contributed by atoms with Gasteiger partial charge in [-0.25, -0.2) is 0 Å². The summed E-state index contributed by atoms with van der Waals surface area (Å²) in [4.78, 5) is 0. The van der Waals surface area contributed by atoms with Gasteiger partial charge in [0.15, 0.2) is 0 Å². The third-order valence-electron chi connectivity index (χ3n) is 5.22. The molecule has 2 aliphatic rings. The predicted molar refractivity (Wildman–Crippen MR) is 80.3 cm³/mol. The van der Waals surface area contributed by atoms with Gasteiger partial charge in [0, 0.05) is 23.5 Å². The molecule has 2 aliphatic carbocycles. The summed E-state index contributed by atoms with van der Waals surface area (Å²) in [7, 11) is 0. The van der Waals surface area contributed by atoms with Gasteiger partial charge in [-0.3, -0.25) is 0 Å². The van der Waals surface area contributed by atoms with Crippen LogP contribution in [0, 0.1) is 18.3 Å². The highest BCUT2D eigenvalue weighted by Gasteiger charge is 2.35. The Bertz CT molecular complexity index is 484. The molecule has 1 aromatic rings. The normalized spacial score (nSPS) is 33.4. The number of fused-ring (bicyclic) bond motifs is 1. The molecule has 0 aliphatic heterocycles. The standard InChI is InChI=1S/C17H28N2/c1-11-5-6-13(7-11)19-12(2)8-14-15(18)9-17(3,4)10-16(14)19/h8,11,13,15H,5-7,9-10,18H2,1-4H3. The van der Waals surface area contributed by atoms with E-state index in [4.69, 9.17) is 5.73 Å². The minimum absolute atomic E-state index is 0.234. The van der Waals surface area contributed by atoms with E-state index in [1.54, 1.807) is 5.69 Å². The lowest BCUT2D eigenvalue weighted by molar-refractivity contribution is 0.271. The highest BCUT2D eigenvalue weighted by Crippen LogP contribution is 2.44. The van der Waals surface area contributed by atoms with Gasteiger partial charge in [0.1, 0.15) is 0 Å². The van der Waals surface area contributed by atoms with Crippen LogP contribution in [0.25, 0.3) is 0 Å². The van der Waals surface area contributed by atoms with E-state index in [1.165, 1.54) is 36.9 Å². The molecule has 0 aromatic carbocycles. The zero-order valence-corrected chi connectivity index (χ0v) is 12.9. The van der Waals surface area contributed by atoms with Crippen LogP contribution >= 0.6 is 0 Å². The average molecular weight is 260 g/mol. The minimum atomic E-state index is 0.234. The first-order valence-corrected chi connectivity index (χ1v) is 7.83. The lowest BCUT2D eigenvalue weighted by atomic mass is 9.74. The van der Waals surface area contributed by atoms with Gasteiger partial charge in [0.05, 0.1) is 0 Å². The van der Waals surface area contributed by atoms with Gasteiger partial charge >= 0.3 is 0 Å². The van der Waals surface area contributed by atoms with Crippen LogP contribution in [0.4, 0.5) is 0 Å². The summed E-state index contributed by atoms with van der Waals surface area (Å²) in [6.45, 7) is 9.38. The molecule has 1 aromatic heterocycles. The molecule has 1 heterocycles. The molecule has 1 fully saturated rings. The topological polar surface area (TPSA) is 30.9 Å². The Morgan fingerprint density at radius 2 is 2.05 bits per heavy atom. The fourth-order valence-corrected chi connectivity index (χ4v) is 4.39. The van der Waals surface area contributed by atoms with Crippen molar-refractivity contribution in [2.24, 2.45) is 17.1 Å². The number of nitrogens with zero attached hydrogens (tertiary/aromatic N) is 1.